The van der Waals surface area contributed by atoms with E-state index in [1.165, 1.54) is 0 Å². The number of hydrogen-bond acceptors (Lipinski definition) is 7. The van der Waals surface area contributed by atoms with Gasteiger partial charge >= 0.3 is 27.3 Å². The zero-order valence-corrected chi connectivity index (χ0v) is 21.4. The maximum absolute atomic E-state index is 13.3. The number of fused-ring (bicyclic) bond motifs is 1. The number of alkyl halides is 2. The van der Waals surface area contributed by atoms with Crippen molar-refractivity contribution < 1.29 is 45.6 Å². The first-order valence-corrected chi connectivity index (χ1v) is 12.6. The maximum atomic E-state index is 13.3. The van der Waals surface area contributed by atoms with Crippen LogP contribution < -0.4 is 4.74 Å². The molecule has 160 valence electrons. The Morgan fingerprint density at radius 1 is 1.21 bits per heavy atom. The average molecular weight is 770 g/mol. The summed E-state index contributed by atoms with van der Waals surface area (Å²) >= 11 is 6.24. The quantitative estimate of drug-likeness (QED) is 0.214. The van der Waals surface area contributed by atoms with Gasteiger partial charge in [0, 0.05) is 23.6 Å². The Balaban J connectivity index is 1.73. The lowest BCUT2D eigenvalue weighted by molar-refractivity contribution is -0.196. The molecule has 1 aliphatic heterocycles. The number of rotatable bonds is 3. The fourth-order valence-electron chi connectivity index (χ4n) is 2.96. The van der Waals surface area contributed by atoms with Crippen molar-refractivity contribution in [1.82, 2.24) is 0 Å². The molecule has 0 radical (unpaired) electrons. The van der Waals surface area contributed by atoms with Crippen LogP contribution in [0.1, 0.15) is 36.0 Å². The molecule has 1 N–H and O–H groups in total. The second-order valence-electron chi connectivity index (χ2n) is 6.36. The van der Waals surface area contributed by atoms with Gasteiger partial charge in [-0.2, -0.15) is 17.2 Å². The van der Waals surface area contributed by atoms with E-state index in [1.54, 1.807) is 6.07 Å². The molecule has 0 atom stereocenters. The van der Waals surface area contributed by atoms with Crippen molar-refractivity contribution in [2.75, 3.05) is 0 Å². The molecule has 29 heavy (non-hydrogen) atoms. The van der Waals surface area contributed by atoms with E-state index in [0.29, 0.717) is 14.9 Å². The van der Waals surface area contributed by atoms with E-state index in [4.69, 9.17) is 14.0 Å². The van der Waals surface area contributed by atoms with Gasteiger partial charge in [0.05, 0.1) is 0 Å². The second kappa shape index (κ2) is 8.12. The van der Waals surface area contributed by atoms with Crippen molar-refractivity contribution in [3.63, 3.8) is 0 Å². The van der Waals surface area contributed by atoms with Crippen LogP contribution in [0.2, 0.25) is 0 Å². The lowest BCUT2D eigenvalue weighted by atomic mass is 9.90. The van der Waals surface area contributed by atoms with Gasteiger partial charge in [-0.1, -0.05) is 0 Å². The predicted octanol–water partition coefficient (Wildman–Crippen LogP) is 3.71. The molecule has 1 aromatic rings. The molecule has 8 nitrogen and oxygen atoms in total. The smallest absolute Gasteiger partial charge is 0.457 e. The number of hydrogen-bond donors (Lipinski definition) is 1. The molecule has 1 aliphatic carbocycles. The standard InChI is InChI=1S/C15H11F2I3O8S/c16-15(17,29(23,24)25)13(22)26-6-1-3-14(4-2-6)27-8-5-7(18)10(19)11(20)9(8)12(21)28-14/h5-6H,1-4H2,(H,23,24,25). The summed E-state index contributed by atoms with van der Waals surface area (Å²) < 4.78 is 74.9. The largest absolute Gasteiger partial charge is 0.465 e. The van der Waals surface area contributed by atoms with E-state index in [9.17, 15) is 26.8 Å². The number of halogens is 5. The van der Waals surface area contributed by atoms with Gasteiger partial charge in [-0.05, 0) is 86.7 Å². The summed E-state index contributed by atoms with van der Waals surface area (Å²) in [5.74, 6) is -3.90. The van der Waals surface area contributed by atoms with Gasteiger partial charge in [-0.3, -0.25) is 4.55 Å². The van der Waals surface area contributed by atoms with Crippen LogP contribution in [0.15, 0.2) is 6.07 Å². The highest BCUT2D eigenvalue weighted by molar-refractivity contribution is 14.1. The Bertz CT molecular complexity index is 990. The van der Waals surface area contributed by atoms with Crippen LogP contribution >= 0.6 is 67.8 Å². The van der Waals surface area contributed by atoms with Crippen molar-refractivity contribution in [2.45, 2.75) is 42.8 Å². The average Bonchev–Trinajstić information content (AvgIpc) is 2.60. The van der Waals surface area contributed by atoms with Crippen molar-refractivity contribution in [1.29, 1.82) is 0 Å². The Labute approximate surface area is 204 Å². The van der Waals surface area contributed by atoms with Crippen LogP contribution in [-0.2, 0) is 24.4 Å². The van der Waals surface area contributed by atoms with Gasteiger partial charge in [0.2, 0.25) is 0 Å². The third-order valence-electron chi connectivity index (χ3n) is 4.43. The number of carbonyl (C=O) groups is 2. The highest BCUT2D eigenvalue weighted by Crippen LogP contribution is 2.44. The normalized spacial score (nSPS) is 24.5. The van der Waals surface area contributed by atoms with Gasteiger partial charge in [-0.15, -0.1) is 0 Å². The first kappa shape index (κ1) is 23.6. The minimum atomic E-state index is -5.94. The third-order valence-corrected chi connectivity index (χ3v) is 10.4. The van der Waals surface area contributed by atoms with Crippen molar-refractivity contribution in [3.8, 4) is 5.75 Å². The molecule has 0 aromatic heterocycles. The summed E-state index contributed by atoms with van der Waals surface area (Å²) in [6.45, 7) is 0. The monoisotopic (exact) mass is 770 g/mol. The fraction of sp³-hybridized carbons (Fsp3) is 0.467. The molecule has 3 rings (SSSR count). The maximum Gasteiger partial charge on any atom is 0.465 e. The minimum Gasteiger partial charge on any atom is -0.457 e. The van der Waals surface area contributed by atoms with Gasteiger partial charge in [0.25, 0.3) is 5.79 Å². The molecule has 1 spiro atoms. The molecule has 1 heterocycles. The van der Waals surface area contributed by atoms with Crippen molar-refractivity contribution in [2.24, 2.45) is 0 Å². The molecule has 0 amide bonds. The van der Waals surface area contributed by atoms with Crippen LogP contribution in [0, 0.1) is 10.7 Å². The van der Waals surface area contributed by atoms with Gasteiger partial charge in [0.1, 0.15) is 17.4 Å². The third kappa shape index (κ3) is 4.45. The lowest BCUT2D eigenvalue weighted by Crippen LogP contribution is -2.49. The SMILES string of the molecule is O=C1OC2(CCC(OC(=O)C(F)(F)S(=O)(=O)O)CC2)Oc2cc(I)c(I)c(I)c21. The number of ether oxygens (including phenoxy) is 3. The Morgan fingerprint density at radius 3 is 2.34 bits per heavy atom. The van der Waals surface area contributed by atoms with E-state index >= 15 is 0 Å². The molecular weight excluding hydrogens is 759 g/mol. The molecule has 1 aromatic carbocycles. The molecule has 2 aliphatic rings. The molecule has 0 saturated heterocycles. The number of carbonyl (C=O) groups excluding carboxylic acids is 2. The summed E-state index contributed by atoms with van der Waals surface area (Å²) in [4.78, 5) is 24.0. The molecule has 1 fully saturated rings. The summed E-state index contributed by atoms with van der Waals surface area (Å²) in [5.41, 5.74) is 0.308. The van der Waals surface area contributed by atoms with Crippen LogP contribution in [0.3, 0.4) is 0 Å². The van der Waals surface area contributed by atoms with E-state index in [-0.39, 0.29) is 25.7 Å². The topological polar surface area (TPSA) is 116 Å². The van der Waals surface area contributed by atoms with Gasteiger partial charge in [-0.25, -0.2) is 9.59 Å². The lowest BCUT2D eigenvalue weighted by Gasteiger charge is -2.42. The number of benzene rings is 1. The molecule has 14 heteroatoms. The summed E-state index contributed by atoms with van der Waals surface area (Å²) in [6.07, 6.45) is -0.955. The van der Waals surface area contributed by atoms with Crippen LogP contribution in [0.4, 0.5) is 8.78 Å². The predicted molar refractivity (Wildman–Crippen MR) is 118 cm³/mol. The van der Waals surface area contributed by atoms with Crippen molar-refractivity contribution >= 4 is 89.8 Å². The molecule has 0 unspecified atom stereocenters. The van der Waals surface area contributed by atoms with E-state index < -0.39 is 39.2 Å². The molecule has 0 bridgehead atoms. The Kier molecular flexibility index (Phi) is 6.60. The Hall–Kier alpha value is -0.0800. The highest BCUT2D eigenvalue weighted by Gasteiger charge is 2.55. The van der Waals surface area contributed by atoms with Crippen molar-refractivity contribution in [3.05, 3.63) is 22.3 Å². The fourth-order valence-corrected chi connectivity index (χ4v) is 5.49. The van der Waals surface area contributed by atoms with Crippen LogP contribution in [0.25, 0.3) is 0 Å². The summed E-state index contributed by atoms with van der Waals surface area (Å²) in [5, 5.41) is -5.06. The summed E-state index contributed by atoms with van der Waals surface area (Å²) in [6, 6.07) is 1.71. The van der Waals surface area contributed by atoms with Gasteiger partial charge in [0.15, 0.2) is 0 Å². The van der Waals surface area contributed by atoms with E-state index in [1.807, 2.05) is 22.6 Å². The van der Waals surface area contributed by atoms with E-state index in [2.05, 4.69) is 49.9 Å². The molecule has 1 saturated carbocycles. The van der Waals surface area contributed by atoms with E-state index in [0.717, 1.165) is 7.14 Å². The molecular formula is C15H11F2I3O8S. The van der Waals surface area contributed by atoms with Crippen LogP contribution in [0.5, 0.6) is 5.75 Å². The minimum absolute atomic E-state index is 0.00549. The number of esters is 2. The Morgan fingerprint density at radius 2 is 1.79 bits per heavy atom. The highest BCUT2D eigenvalue weighted by atomic mass is 127. The zero-order chi connectivity index (χ0) is 21.8. The second-order valence-corrected chi connectivity index (χ2v) is 11.1. The first-order chi connectivity index (χ1) is 13.3. The summed E-state index contributed by atoms with van der Waals surface area (Å²) in [7, 11) is -5.94. The first-order valence-electron chi connectivity index (χ1n) is 7.93. The zero-order valence-electron chi connectivity index (χ0n) is 14.1. The van der Waals surface area contributed by atoms with Gasteiger partial charge < -0.3 is 14.2 Å². The van der Waals surface area contributed by atoms with Crippen LogP contribution in [-0.4, -0.2) is 42.1 Å².